The molecule has 0 saturated carbocycles. The van der Waals surface area contributed by atoms with E-state index in [1.54, 1.807) is 48.5 Å². The molecule has 0 bridgehead atoms. The maximum Gasteiger partial charge on any atom is 0.297 e. The summed E-state index contributed by atoms with van der Waals surface area (Å²) < 4.78 is 71.2. The van der Waals surface area contributed by atoms with Gasteiger partial charge in [0.15, 0.2) is 0 Å². The third-order valence-corrected chi connectivity index (χ3v) is 10.7. The molecule has 0 spiro atoms. The number of ether oxygens (including phenoxy) is 2. The van der Waals surface area contributed by atoms with Crippen molar-refractivity contribution in [2.75, 3.05) is 27.2 Å². The number of hydrogen-bond donors (Lipinski definition) is 0. The summed E-state index contributed by atoms with van der Waals surface area (Å²) in [7, 11) is -4.84. The molecule has 226 valence electrons. The largest absolute Gasteiger partial charge is 0.495 e. The summed E-state index contributed by atoms with van der Waals surface area (Å²) in [6, 6.07) is 23.1. The monoisotopic (exact) mass is 641 g/mol. The molecule has 11 heteroatoms. The summed E-state index contributed by atoms with van der Waals surface area (Å²) in [5, 5.41) is 0.633. The molecule has 0 fully saturated rings. The number of halogens is 1. The number of likely N-dealkylation sites (N-methyl/N-ethyl adjacent to an activating group) is 1. The van der Waals surface area contributed by atoms with Crippen LogP contribution >= 0.6 is 11.6 Å². The maximum absolute atomic E-state index is 13.8. The molecule has 4 aromatic carbocycles. The van der Waals surface area contributed by atoms with Gasteiger partial charge in [0.05, 0.1) is 16.9 Å². The SMILES string of the molecule is COc1cc2c(cc1S(=O)(=O)c1ccc(OCc3ccc(Cl)cc3)cc1)CCN(C)CC2OS(=O)(=O)c1ccc(C)cc1. The standard InChI is InChI=1S/C32H32ClNO7S2/c1-22-4-12-28(13-5-22)43(37,38)41-31-20-34(2)17-16-24-18-32(30(39-3)19-29(24)31)42(35,36)27-14-10-26(11-15-27)40-21-23-6-8-25(33)9-7-23/h4-15,18-19,31H,16-17,20-21H2,1-3H3. The second-order valence-electron chi connectivity index (χ2n) is 10.5. The highest BCUT2D eigenvalue weighted by molar-refractivity contribution is 7.91. The number of methoxy groups -OCH3 is 1. The molecule has 1 heterocycles. The first kappa shape index (κ1) is 31.0. The van der Waals surface area contributed by atoms with Crippen molar-refractivity contribution in [3.63, 3.8) is 0 Å². The molecule has 4 aromatic rings. The lowest BCUT2D eigenvalue weighted by atomic mass is 10.0. The Bertz CT molecular complexity index is 1810. The summed E-state index contributed by atoms with van der Waals surface area (Å²) in [6.07, 6.45) is -0.364. The van der Waals surface area contributed by atoms with Gasteiger partial charge in [-0.25, -0.2) is 8.42 Å². The second kappa shape index (κ2) is 12.7. The van der Waals surface area contributed by atoms with E-state index < -0.39 is 26.1 Å². The Balaban J connectivity index is 1.43. The second-order valence-corrected chi connectivity index (χ2v) is 14.4. The molecule has 0 aliphatic carbocycles. The quantitative estimate of drug-likeness (QED) is 0.205. The van der Waals surface area contributed by atoms with Gasteiger partial charge < -0.3 is 14.4 Å². The molecule has 0 saturated heterocycles. The molecule has 0 N–H and O–H groups in total. The predicted octanol–water partition coefficient (Wildman–Crippen LogP) is 6.00. The molecule has 0 aromatic heterocycles. The number of hydrogen-bond acceptors (Lipinski definition) is 8. The molecular weight excluding hydrogens is 610 g/mol. The highest BCUT2D eigenvalue weighted by Crippen LogP contribution is 2.38. The molecular formula is C32H32ClNO7S2. The van der Waals surface area contributed by atoms with Gasteiger partial charge in [0, 0.05) is 18.1 Å². The summed E-state index contributed by atoms with van der Waals surface area (Å²) in [5.41, 5.74) is 3.10. The fourth-order valence-corrected chi connectivity index (χ4v) is 7.50. The van der Waals surface area contributed by atoms with Crippen LogP contribution in [-0.2, 0) is 37.2 Å². The summed E-state index contributed by atoms with van der Waals surface area (Å²) in [5.74, 6) is 0.619. The van der Waals surface area contributed by atoms with Crippen LogP contribution in [0.4, 0.5) is 0 Å². The number of fused-ring (bicyclic) bond motifs is 1. The number of benzene rings is 4. The first-order valence-corrected chi connectivity index (χ1v) is 16.8. The van der Waals surface area contributed by atoms with Crippen molar-refractivity contribution in [2.45, 2.75) is 40.7 Å². The molecule has 0 radical (unpaired) electrons. The van der Waals surface area contributed by atoms with Crippen LogP contribution in [-0.4, -0.2) is 49.0 Å². The molecule has 1 atom stereocenters. The van der Waals surface area contributed by atoms with E-state index in [0.717, 1.165) is 11.1 Å². The minimum absolute atomic E-state index is 0.00622. The zero-order valence-electron chi connectivity index (χ0n) is 24.0. The van der Waals surface area contributed by atoms with Crippen molar-refractivity contribution in [3.8, 4) is 11.5 Å². The molecule has 0 amide bonds. The van der Waals surface area contributed by atoms with Crippen LogP contribution < -0.4 is 9.47 Å². The van der Waals surface area contributed by atoms with Gasteiger partial charge in [-0.15, -0.1) is 0 Å². The first-order valence-electron chi connectivity index (χ1n) is 13.6. The van der Waals surface area contributed by atoms with Crippen molar-refractivity contribution in [1.29, 1.82) is 0 Å². The predicted molar refractivity (Wildman–Crippen MR) is 164 cm³/mol. The number of nitrogens with zero attached hydrogens (tertiary/aromatic N) is 1. The minimum Gasteiger partial charge on any atom is -0.495 e. The van der Waals surface area contributed by atoms with Crippen LogP contribution in [0.1, 0.15) is 28.4 Å². The van der Waals surface area contributed by atoms with Gasteiger partial charge in [0.25, 0.3) is 10.1 Å². The van der Waals surface area contributed by atoms with E-state index in [1.807, 2.05) is 31.0 Å². The highest BCUT2D eigenvalue weighted by atomic mass is 35.5. The lowest BCUT2D eigenvalue weighted by Gasteiger charge is -2.22. The Kier molecular flexibility index (Phi) is 9.15. The van der Waals surface area contributed by atoms with Crippen molar-refractivity contribution < 1.29 is 30.5 Å². The van der Waals surface area contributed by atoms with Crippen LogP contribution in [0.2, 0.25) is 5.02 Å². The maximum atomic E-state index is 13.8. The van der Waals surface area contributed by atoms with Crippen LogP contribution in [0.5, 0.6) is 11.5 Å². The molecule has 1 unspecified atom stereocenters. The van der Waals surface area contributed by atoms with E-state index in [2.05, 4.69) is 0 Å². The average Bonchev–Trinajstić information content (AvgIpc) is 3.14. The summed E-state index contributed by atoms with van der Waals surface area (Å²) >= 11 is 5.94. The van der Waals surface area contributed by atoms with Crippen molar-refractivity contribution in [3.05, 3.63) is 112 Å². The zero-order valence-corrected chi connectivity index (χ0v) is 26.4. The minimum atomic E-state index is -4.09. The Morgan fingerprint density at radius 2 is 1.53 bits per heavy atom. The highest BCUT2D eigenvalue weighted by Gasteiger charge is 2.32. The van der Waals surface area contributed by atoms with E-state index in [4.69, 9.17) is 25.3 Å². The summed E-state index contributed by atoms with van der Waals surface area (Å²) in [6.45, 7) is 3.06. The van der Waals surface area contributed by atoms with Crippen molar-refractivity contribution in [1.82, 2.24) is 4.90 Å². The molecule has 5 rings (SSSR count). The normalized spacial score (nSPS) is 15.9. The van der Waals surface area contributed by atoms with Gasteiger partial charge in [0.1, 0.15) is 29.1 Å². The van der Waals surface area contributed by atoms with Crippen LogP contribution in [0, 0.1) is 6.92 Å². The number of rotatable bonds is 9. The lowest BCUT2D eigenvalue weighted by molar-refractivity contribution is 0.162. The number of sulfone groups is 1. The smallest absolute Gasteiger partial charge is 0.297 e. The lowest BCUT2D eigenvalue weighted by Crippen LogP contribution is -2.26. The zero-order chi connectivity index (χ0) is 30.8. The Morgan fingerprint density at radius 3 is 2.19 bits per heavy atom. The Morgan fingerprint density at radius 1 is 0.884 bits per heavy atom. The van der Waals surface area contributed by atoms with Gasteiger partial charge >= 0.3 is 0 Å². The average molecular weight is 642 g/mol. The van der Waals surface area contributed by atoms with E-state index in [0.29, 0.717) is 48.0 Å². The van der Waals surface area contributed by atoms with Crippen LogP contribution in [0.3, 0.4) is 0 Å². The molecule has 1 aliphatic heterocycles. The molecule has 8 nitrogen and oxygen atoms in total. The third-order valence-electron chi connectivity index (χ3n) is 7.31. The summed E-state index contributed by atoms with van der Waals surface area (Å²) in [4.78, 5) is 2.08. The fourth-order valence-electron chi connectivity index (χ4n) is 4.87. The van der Waals surface area contributed by atoms with Gasteiger partial charge in [0.2, 0.25) is 9.84 Å². The third kappa shape index (κ3) is 7.05. The van der Waals surface area contributed by atoms with Gasteiger partial charge in [-0.05, 0) is 97.7 Å². The van der Waals surface area contributed by atoms with Crippen LogP contribution in [0.15, 0.2) is 99.6 Å². The van der Waals surface area contributed by atoms with Crippen molar-refractivity contribution in [2.24, 2.45) is 0 Å². The topological polar surface area (TPSA) is 99.2 Å². The molecule has 43 heavy (non-hydrogen) atoms. The Labute approximate surface area is 257 Å². The number of aryl methyl sites for hydroxylation is 1. The van der Waals surface area contributed by atoms with Crippen molar-refractivity contribution >= 4 is 31.6 Å². The van der Waals surface area contributed by atoms with Gasteiger partial charge in [-0.3, -0.25) is 4.18 Å². The van der Waals surface area contributed by atoms with E-state index in [-0.39, 0.29) is 20.4 Å². The fraction of sp³-hybridized carbons (Fsp3) is 0.250. The van der Waals surface area contributed by atoms with Crippen LogP contribution in [0.25, 0.3) is 0 Å². The Hall–Kier alpha value is -3.41. The van der Waals surface area contributed by atoms with Gasteiger partial charge in [-0.1, -0.05) is 41.4 Å². The van der Waals surface area contributed by atoms with E-state index in [9.17, 15) is 16.8 Å². The molecule has 1 aliphatic rings. The first-order chi connectivity index (χ1) is 20.5. The van der Waals surface area contributed by atoms with E-state index in [1.165, 1.54) is 31.4 Å². The van der Waals surface area contributed by atoms with Gasteiger partial charge in [-0.2, -0.15) is 8.42 Å². The van der Waals surface area contributed by atoms with E-state index >= 15 is 0 Å².